The minimum Gasteiger partial charge on any atom is -0.300 e. The normalized spacial score (nSPS) is 19.6. The third kappa shape index (κ3) is 3.03. The molecule has 1 atom stereocenters. The van der Waals surface area contributed by atoms with Crippen molar-refractivity contribution in [1.82, 2.24) is 15.5 Å². The highest BCUT2D eigenvalue weighted by Crippen LogP contribution is 2.29. The maximum atomic E-state index is 11.4. The van der Waals surface area contributed by atoms with E-state index < -0.39 is 0 Å². The standard InChI is InChI=1S/C17H19N3O/c21-11-16-19-12-18-13-20(16)17(14-7-3-1-4-8-14)15-9-5-2-6-10-15/h1-11,16-19H,12-13H2. The minimum atomic E-state index is -0.281. The summed E-state index contributed by atoms with van der Waals surface area (Å²) < 4.78 is 0. The molecular weight excluding hydrogens is 262 g/mol. The van der Waals surface area contributed by atoms with Crippen LogP contribution in [-0.4, -0.2) is 30.7 Å². The second-order valence-corrected chi connectivity index (χ2v) is 5.11. The number of hydrogen-bond acceptors (Lipinski definition) is 4. The molecule has 0 saturated carbocycles. The highest BCUT2D eigenvalue weighted by Gasteiger charge is 2.30. The molecule has 4 heteroatoms. The van der Waals surface area contributed by atoms with Gasteiger partial charge in [-0.05, 0) is 11.1 Å². The van der Waals surface area contributed by atoms with Crippen LogP contribution in [0.1, 0.15) is 17.2 Å². The van der Waals surface area contributed by atoms with Crippen molar-refractivity contribution in [3.63, 3.8) is 0 Å². The van der Waals surface area contributed by atoms with Crippen molar-refractivity contribution < 1.29 is 4.79 Å². The second-order valence-electron chi connectivity index (χ2n) is 5.11. The van der Waals surface area contributed by atoms with Crippen molar-refractivity contribution in [3.05, 3.63) is 71.8 Å². The van der Waals surface area contributed by atoms with Crippen molar-refractivity contribution in [2.45, 2.75) is 12.2 Å². The summed E-state index contributed by atoms with van der Waals surface area (Å²) in [7, 11) is 0. The van der Waals surface area contributed by atoms with Crippen LogP contribution in [-0.2, 0) is 4.79 Å². The molecule has 0 radical (unpaired) electrons. The first-order valence-electron chi connectivity index (χ1n) is 7.15. The van der Waals surface area contributed by atoms with Crippen LogP contribution in [0.3, 0.4) is 0 Å². The first kappa shape index (κ1) is 13.9. The molecule has 0 bridgehead atoms. The maximum Gasteiger partial charge on any atom is 0.151 e. The van der Waals surface area contributed by atoms with Crippen LogP contribution in [0.4, 0.5) is 0 Å². The Labute approximate surface area is 124 Å². The first-order valence-corrected chi connectivity index (χ1v) is 7.15. The number of aldehydes is 1. The van der Waals surface area contributed by atoms with Gasteiger partial charge in [0.2, 0.25) is 0 Å². The molecule has 2 aromatic carbocycles. The fraction of sp³-hybridized carbons (Fsp3) is 0.235. The third-order valence-electron chi connectivity index (χ3n) is 3.78. The summed E-state index contributed by atoms with van der Waals surface area (Å²) in [6, 6.07) is 20.6. The lowest BCUT2D eigenvalue weighted by Crippen LogP contribution is -2.59. The molecule has 1 unspecified atom stereocenters. The fourth-order valence-electron chi connectivity index (χ4n) is 2.80. The fourth-order valence-corrected chi connectivity index (χ4v) is 2.80. The van der Waals surface area contributed by atoms with Crippen molar-refractivity contribution in [1.29, 1.82) is 0 Å². The lowest BCUT2D eigenvalue weighted by atomic mass is 9.96. The van der Waals surface area contributed by atoms with Crippen LogP contribution in [0.25, 0.3) is 0 Å². The maximum absolute atomic E-state index is 11.4. The highest BCUT2D eigenvalue weighted by molar-refractivity contribution is 5.57. The second kappa shape index (κ2) is 6.63. The molecule has 4 nitrogen and oxygen atoms in total. The number of benzene rings is 2. The van der Waals surface area contributed by atoms with Gasteiger partial charge >= 0.3 is 0 Å². The SMILES string of the molecule is O=CC1NCNCN1C(c1ccccc1)c1ccccc1. The summed E-state index contributed by atoms with van der Waals surface area (Å²) in [6.07, 6.45) is 0.691. The number of rotatable bonds is 4. The topological polar surface area (TPSA) is 44.4 Å². The lowest BCUT2D eigenvalue weighted by molar-refractivity contribution is -0.115. The summed E-state index contributed by atoms with van der Waals surface area (Å²) in [5.41, 5.74) is 2.36. The molecule has 0 amide bonds. The zero-order chi connectivity index (χ0) is 14.5. The zero-order valence-corrected chi connectivity index (χ0v) is 11.8. The largest absolute Gasteiger partial charge is 0.300 e. The van der Waals surface area contributed by atoms with Crippen LogP contribution in [0.5, 0.6) is 0 Å². The molecule has 21 heavy (non-hydrogen) atoms. The zero-order valence-electron chi connectivity index (χ0n) is 11.8. The van der Waals surface area contributed by atoms with Crippen molar-refractivity contribution in [2.24, 2.45) is 0 Å². The van der Waals surface area contributed by atoms with Gasteiger partial charge in [0, 0.05) is 6.67 Å². The molecule has 1 heterocycles. The Bertz CT molecular complexity index is 534. The van der Waals surface area contributed by atoms with Crippen molar-refractivity contribution in [2.75, 3.05) is 13.3 Å². The predicted octanol–water partition coefficient (Wildman–Crippen LogP) is 1.71. The molecular formula is C17H19N3O. The van der Waals surface area contributed by atoms with Crippen molar-refractivity contribution >= 4 is 6.29 Å². The van der Waals surface area contributed by atoms with Crippen LogP contribution < -0.4 is 10.6 Å². The monoisotopic (exact) mass is 281 g/mol. The molecule has 0 aliphatic carbocycles. The van der Waals surface area contributed by atoms with Gasteiger partial charge in [-0.15, -0.1) is 0 Å². The molecule has 2 N–H and O–H groups in total. The number of carbonyl (C=O) groups is 1. The summed E-state index contributed by atoms with van der Waals surface area (Å²) >= 11 is 0. The van der Waals surface area contributed by atoms with Crippen LogP contribution in [0.15, 0.2) is 60.7 Å². The molecule has 1 aliphatic heterocycles. The molecule has 1 saturated heterocycles. The number of nitrogens with zero attached hydrogens (tertiary/aromatic N) is 1. The van der Waals surface area contributed by atoms with Gasteiger partial charge in [0.1, 0.15) is 6.17 Å². The van der Waals surface area contributed by atoms with E-state index in [1.807, 2.05) is 36.4 Å². The summed E-state index contributed by atoms with van der Waals surface area (Å²) in [6.45, 7) is 1.32. The van der Waals surface area contributed by atoms with E-state index in [-0.39, 0.29) is 12.2 Å². The van der Waals surface area contributed by atoms with Crippen molar-refractivity contribution in [3.8, 4) is 0 Å². The van der Waals surface area contributed by atoms with Gasteiger partial charge in [0.25, 0.3) is 0 Å². The van der Waals surface area contributed by atoms with Gasteiger partial charge in [0.15, 0.2) is 6.29 Å². The predicted molar refractivity (Wildman–Crippen MR) is 82.4 cm³/mol. The third-order valence-corrected chi connectivity index (χ3v) is 3.78. The number of carbonyl (C=O) groups excluding carboxylic acids is 1. The summed E-state index contributed by atoms with van der Waals surface area (Å²) in [5, 5.41) is 6.46. The molecule has 2 aromatic rings. The van der Waals surface area contributed by atoms with Crippen LogP contribution in [0, 0.1) is 0 Å². The molecule has 0 spiro atoms. The Hall–Kier alpha value is -2.01. The van der Waals surface area contributed by atoms with E-state index in [1.54, 1.807) is 0 Å². The Kier molecular flexibility index (Phi) is 4.40. The van der Waals surface area contributed by atoms with E-state index in [4.69, 9.17) is 0 Å². The molecule has 1 fully saturated rings. The van der Waals surface area contributed by atoms with Gasteiger partial charge in [-0.3, -0.25) is 15.5 Å². The van der Waals surface area contributed by atoms with E-state index in [2.05, 4.69) is 39.8 Å². The summed E-state index contributed by atoms with van der Waals surface area (Å²) in [5.74, 6) is 0. The van der Waals surface area contributed by atoms with Gasteiger partial charge in [-0.2, -0.15) is 0 Å². The minimum absolute atomic E-state index is 0.0444. The van der Waals surface area contributed by atoms with E-state index in [0.717, 1.165) is 6.29 Å². The highest BCUT2D eigenvalue weighted by atomic mass is 16.1. The Morgan fingerprint density at radius 2 is 1.57 bits per heavy atom. The van der Waals surface area contributed by atoms with E-state index >= 15 is 0 Å². The van der Waals surface area contributed by atoms with E-state index in [9.17, 15) is 4.79 Å². The average Bonchev–Trinajstić information content (AvgIpc) is 2.58. The average molecular weight is 281 g/mol. The first-order chi connectivity index (χ1) is 10.4. The van der Waals surface area contributed by atoms with Gasteiger partial charge in [0.05, 0.1) is 12.7 Å². The lowest BCUT2D eigenvalue weighted by Gasteiger charge is -2.40. The van der Waals surface area contributed by atoms with Gasteiger partial charge < -0.3 is 4.79 Å². The van der Waals surface area contributed by atoms with Crippen LogP contribution in [0.2, 0.25) is 0 Å². The molecule has 3 rings (SSSR count). The van der Waals surface area contributed by atoms with E-state index in [1.165, 1.54) is 11.1 Å². The molecule has 108 valence electrons. The van der Waals surface area contributed by atoms with E-state index in [0.29, 0.717) is 13.3 Å². The van der Waals surface area contributed by atoms with Gasteiger partial charge in [-0.25, -0.2) is 0 Å². The van der Waals surface area contributed by atoms with Gasteiger partial charge in [-0.1, -0.05) is 60.7 Å². The summed E-state index contributed by atoms with van der Waals surface area (Å²) in [4.78, 5) is 13.5. The van der Waals surface area contributed by atoms with Crippen LogP contribution >= 0.6 is 0 Å². The molecule has 0 aromatic heterocycles. The smallest absolute Gasteiger partial charge is 0.151 e. The number of hydrogen-bond donors (Lipinski definition) is 2. The Morgan fingerprint density at radius 1 is 1.00 bits per heavy atom. The molecule has 1 aliphatic rings. The quantitative estimate of drug-likeness (QED) is 0.838. The number of nitrogens with one attached hydrogen (secondary N) is 2. The Morgan fingerprint density at radius 3 is 2.10 bits per heavy atom. The Balaban J connectivity index is 2.01.